The first-order chi connectivity index (χ1) is 48.6. The molecule has 111 heavy (non-hydrogen) atoms. The van der Waals surface area contributed by atoms with Crippen LogP contribution < -0.4 is 101 Å². The number of hydrogen-bond donors (Lipinski definition) is 13. The molecule has 4 amide bonds. The first-order valence-electron chi connectivity index (χ1n) is 30.7. The van der Waals surface area contributed by atoms with Gasteiger partial charge < -0.3 is 136 Å². The van der Waals surface area contributed by atoms with E-state index in [4.69, 9.17) is 103 Å². The van der Waals surface area contributed by atoms with Crippen LogP contribution in [0.15, 0.2) is 24.3 Å². The van der Waals surface area contributed by atoms with Crippen molar-refractivity contribution in [2.75, 3.05) is 92.2 Å². The molecule has 3 unspecified atom stereocenters. The maximum atomic E-state index is 11.3. The summed E-state index contributed by atoms with van der Waals surface area (Å²) in [7, 11) is -1.48. The fraction of sp³-hybridized carbons (Fsp3) is 0.717. The average Bonchev–Trinajstić information content (AvgIpc) is 0.948. The average molecular weight is 1790 g/mol. The predicted molar refractivity (Wildman–Crippen MR) is 358 cm³/mol. The normalized spacial score (nSPS) is 11.8. The van der Waals surface area contributed by atoms with E-state index in [-0.39, 0.29) is 92.9 Å². The van der Waals surface area contributed by atoms with Crippen LogP contribution in [0.1, 0.15) is 132 Å². The molecule has 0 aromatic heterocycles. The summed E-state index contributed by atoms with van der Waals surface area (Å²) in [5.74, 6) is -6.93. The Morgan fingerprint density at radius 1 is 0.541 bits per heavy atom. The quantitative estimate of drug-likeness (QED) is 0.00620. The first kappa shape index (κ1) is 134. The number of quaternary nitrogens is 1. The van der Waals surface area contributed by atoms with Gasteiger partial charge in [-0.15, -0.1) is 0 Å². The summed E-state index contributed by atoms with van der Waals surface area (Å²) in [6.07, 6.45) is -9.68. The van der Waals surface area contributed by atoms with Crippen LogP contribution in [0.25, 0.3) is 0 Å². The topological polar surface area (TPSA) is 712 Å². The number of alkyl halides is 6. The zero-order chi connectivity index (χ0) is 89.4. The van der Waals surface area contributed by atoms with Crippen LogP contribution >= 0.6 is 7.37 Å². The van der Waals surface area contributed by atoms with Crippen molar-refractivity contribution in [3.05, 3.63) is 24.3 Å². The van der Waals surface area contributed by atoms with Crippen LogP contribution in [0, 0.1) is 0 Å². The van der Waals surface area contributed by atoms with E-state index in [1.807, 2.05) is 0 Å². The Morgan fingerprint density at radius 3 is 1.01 bits per heavy atom. The van der Waals surface area contributed by atoms with Crippen LogP contribution in [0.2, 0.25) is 0 Å². The van der Waals surface area contributed by atoms with Crippen molar-refractivity contribution in [3.8, 4) is 0 Å². The monoisotopic (exact) mass is 1790 g/mol. The number of halogens is 7. The molecule has 0 radical (unpaired) electrons. The molecule has 0 aliphatic heterocycles. The van der Waals surface area contributed by atoms with Crippen LogP contribution in [-0.2, 0) is 80.5 Å². The van der Waals surface area contributed by atoms with Crippen molar-refractivity contribution in [1.29, 1.82) is 0 Å². The minimum Gasteiger partial charge on any atom is -0.542 e. The number of alkyl carbamates (subject to hydrolysis) is 4. The molecule has 0 aliphatic carbocycles. The van der Waals surface area contributed by atoms with E-state index in [1.165, 1.54) is 32.0 Å². The number of carboxylic acids is 2. The van der Waals surface area contributed by atoms with Gasteiger partial charge in [-0.2, -0.15) is 26.3 Å². The van der Waals surface area contributed by atoms with Crippen LogP contribution in [0.4, 0.5) is 55.1 Å². The summed E-state index contributed by atoms with van der Waals surface area (Å²) in [5, 5.41) is 75.3. The maximum absolute atomic E-state index is 11.3. The molecule has 0 aliphatic rings. The maximum Gasteiger partial charge on any atom is 1.00 e. The largest absolute Gasteiger partial charge is 1.00 e. The van der Waals surface area contributed by atoms with Crippen LogP contribution in [0.5, 0.6) is 0 Å². The molecule has 0 heterocycles. The van der Waals surface area contributed by atoms with Gasteiger partial charge in [0.2, 0.25) is 7.37 Å². The summed E-state index contributed by atoms with van der Waals surface area (Å²) < 4.78 is 152. The third-order valence-electron chi connectivity index (χ3n) is 7.35. The number of rotatable bonds is 20. The second-order valence-corrected chi connectivity index (χ2v) is 30.0. The van der Waals surface area contributed by atoms with Gasteiger partial charge in [0.15, 0.2) is 11.6 Å². The van der Waals surface area contributed by atoms with E-state index >= 15 is 0 Å². The number of amides is 4. The second-order valence-electron chi connectivity index (χ2n) is 25.3. The van der Waals surface area contributed by atoms with Crippen molar-refractivity contribution < 1.29 is 251 Å². The van der Waals surface area contributed by atoms with Crippen molar-refractivity contribution in [2.24, 2.45) is 5.73 Å². The summed E-state index contributed by atoms with van der Waals surface area (Å²) in [4.78, 5) is 134. The molecule has 0 saturated heterocycles. The number of carboxylic acid groups (broad SMARTS) is 2. The number of nitrogens with two attached hydrogens (primary N) is 1. The number of aldehydes is 2. The van der Waals surface area contributed by atoms with Crippen molar-refractivity contribution in [1.82, 2.24) is 21.3 Å². The molecule has 51 heteroatoms. The molecule has 3 atom stereocenters. The minimum atomic E-state index is -5.94. The first-order valence-corrected chi connectivity index (χ1v) is 36.4. The summed E-state index contributed by atoms with van der Waals surface area (Å²) in [5.41, 5.74) is 4.86. The predicted octanol–water partition coefficient (Wildman–Crippen LogP) is -9.11. The van der Waals surface area contributed by atoms with Gasteiger partial charge in [0.25, 0.3) is 0 Å². The van der Waals surface area contributed by atoms with Gasteiger partial charge in [-0.1, -0.05) is 6.08 Å². The van der Waals surface area contributed by atoms with Gasteiger partial charge in [0, 0.05) is 26.3 Å². The van der Waals surface area contributed by atoms with Crippen molar-refractivity contribution >= 4 is 86.1 Å². The van der Waals surface area contributed by atoms with Gasteiger partial charge in [0.05, 0.1) is 58.8 Å². The Hall–Kier alpha value is -6.63. The number of aliphatic hydroxyl groups is 6. The van der Waals surface area contributed by atoms with Gasteiger partial charge in [-0.25, -0.2) is 33.6 Å². The molecule has 0 aromatic carbocycles. The van der Waals surface area contributed by atoms with Gasteiger partial charge in [-0.05, 0) is 150 Å². The molecule has 0 fully saturated rings. The summed E-state index contributed by atoms with van der Waals surface area (Å²) in [6.45, 7) is 33.9. The number of methoxy groups -OCH3 is 1. The van der Waals surface area contributed by atoms with Gasteiger partial charge >= 0.3 is 90.5 Å². The van der Waals surface area contributed by atoms with Gasteiger partial charge in [-0.3, -0.25) is 32.7 Å². The number of ether oxygens (including phenoxy) is 8. The van der Waals surface area contributed by atoms with E-state index in [1.54, 1.807) is 138 Å². The van der Waals surface area contributed by atoms with E-state index < -0.39 is 159 Å². The number of hydrogen-bond acceptors (Lipinski definition) is 35. The SMILES string of the molecule is CC(C)(C)OC(=O)NC/C=C/C(=O)CO.CC(C)(C)OC(=O)NCC(O)CO.CC(C)(C)OC(=O)NCC=O.CC(C)(C)OC(=O)NCC=O.CC(C)(C)OC(=O)OC(=O)OC(C)(C)C.CCOP(C)(=O)CC(=O)OC.NCC(O)CO.O.O=C(O)C(F)(F)F.O=C([O-])C(F)(F)F.[NH3+]C/C=C/C(=O)CO.[Na+].[O-][I+3]([O-])([O-])[O-]. The van der Waals surface area contributed by atoms with E-state index in [0.717, 1.165) is 0 Å². The Morgan fingerprint density at radius 2 is 0.811 bits per heavy atom. The summed E-state index contributed by atoms with van der Waals surface area (Å²) >= 11 is -5.94. The second kappa shape index (κ2) is 71.2. The zero-order valence-corrected chi connectivity index (χ0v) is 71.1. The van der Waals surface area contributed by atoms with Crippen molar-refractivity contribution in [3.63, 3.8) is 0 Å². The molecule has 0 spiro atoms. The number of nitrogens with one attached hydrogen (secondary N) is 4. The van der Waals surface area contributed by atoms with Crippen molar-refractivity contribution in [2.45, 2.75) is 190 Å². The number of aliphatic hydroxyl groups excluding tert-OH is 6. The molecule has 0 aromatic rings. The number of esters is 1. The zero-order valence-electron chi connectivity index (χ0n) is 66.0. The molecule has 0 bridgehead atoms. The Bertz CT molecular complexity index is 2580. The molecular weight excluding hydrogens is 1680 g/mol. The smallest absolute Gasteiger partial charge is 0.542 e. The fourth-order valence-corrected chi connectivity index (χ4v) is 4.96. The fourth-order valence-electron chi connectivity index (χ4n) is 3.73. The Kier molecular flexibility index (Phi) is 85.7. The molecule has 0 rings (SSSR count). The third kappa shape index (κ3) is 149. The number of carbonyl (C=O) groups excluding carboxylic acids is 12. The number of aliphatic carboxylic acids is 2. The van der Waals surface area contributed by atoms with Crippen LogP contribution in [0.3, 0.4) is 0 Å². The Labute approximate surface area is 667 Å². The van der Waals surface area contributed by atoms with E-state index in [9.17, 15) is 83.6 Å². The molecule has 18 N–H and O–H groups in total. The standard InChI is InChI=1S/C10H17NO4.C10H18O5.C8H17NO4.2C7H13NO3.C6H13O4P.C5H9NO2.C3H9NO2.2C2HF3O2.IO4.Na.H2O/c1-10(2,3)15-9(14)11-6-4-5-8(13)7-12;1-9(2,3)14-7(11)13-8(12)15-10(4,5)6;1-8(2,3)13-7(12)9-4-6(11)5-10;2*1-7(2,3)11-6(10)8-4-5-9;1-4-10-11(3,8)5-6(7)9-2;6-3-1-2-5(8)4-7;4-1-3(6)2-5;2*3-2(4,5)1(6)7;2-1(3,4)5;;/h4-5,12H,6-7H2,1-3H3,(H,11,14);1-6H3;6,10-11H,4-5H2,1-3H3,(H,9,12);2*5H,4H2,1-3H3,(H,8,10);4-5H2,1-3H3;1-2,7H,3-4,6H2;3,5-6H,1-2,4H2;2*(H,6,7);;;1H2/q;;;;;;;;;;-1;+1;/b5-4+;;;;;;2-1+;;;;;;. The van der Waals surface area contributed by atoms with E-state index in [0.29, 0.717) is 25.7 Å². The Balaban J connectivity index is -0.0000000876. The molecular formula is C60H113F6IN6NaO36P. The molecule has 0 saturated carbocycles. The minimum absolute atomic E-state index is 0. The van der Waals surface area contributed by atoms with Gasteiger partial charge in [0.1, 0.15) is 91.6 Å². The van der Waals surface area contributed by atoms with Crippen LogP contribution in [-0.4, -0.2) is 270 Å². The number of carbonyl (C=O) groups is 13. The summed E-state index contributed by atoms with van der Waals surface area (Å²) in [6, 6.07) is 0. The third-order valence-corrected chi connectivity index (χ3v) is 8.98. The molecule has 654 valence electrons. The number of ketones is 2. The molecule has 42 nitrogen and oxygen atoms in total. The van der Waals surface area contributed by atoms with E-state index in [2.05, 4.69) is 36.5 Å².